The molecule has 0 aliphatic carbocycles. The van der Waals surface area contributed by atoms with E-state index in [1.54, 1.807) is 80.8 Å². The second kappa shape index (κ2) is 8.46. The summed E-state index contributed by atoms with van der Waals surface area (Å²) in [5.41, 5.74) is 2.76. The first kappa shape index (κ1) is 21.0. The highest BCUT2D eigenvalue weighted by Crippen LogP contribution is 2.37. The van der Waals surface area contributed by atoms with Crippen molar-refractivity contribution in [3.63, 3.8) is 0 Å². The predicted octanol–water partition coefficient (Wildman–Crippen LogP) is 5.71. The van der Waals surface area contributed by atoms with Crippen LogP contribution < -0.4 is 15.0 Å². The van der Waals surface area contributed by atoms with Crippen LogP contribution in [0.25, 0.3) is 5.57 Å². The molecule has 5 nitrogen and oxygen atoms in total. The molecule has 0 aromatic heterocycles. The fourth-order valence-electron chi connectivity index (χ4n) is 3.41. The highest BCUT2D eigenvalue weighted by atomic mass is 35.5. The van der Waals surface area contributed by atoms with E-state index in [1.165, 1.54) is 0 Å². The Bertz CT molecular complexity index is 1200. The highest BCUT2D eigenvalue weighted by Gasteiger charge is 2.41. The summed E-state index contributed by atoms with van der Waals surface area (Å²) in [4.78, 5) is 28.1. The molecule has 0 saturated carbocycles. The molecule has 3 aromatic rings. The number of hydrogen-bond donors (Lipinski definition) is 1. The summed E-state index contributed by atoms with van der Waals surface area (Å²) in [5.74, 6) is -0.215. The molecule has 1 heterocycles. The van der Waals surface area contributed by atoms with Gasteiger partial charge in [-0.2, -0.15) is 0 Å². The van der Waals surface area contributed by atoms with Gasteiger partial charge >= 0.3 is 0 Å². The van der Waals surface area contributed by atoms with Crippen LogP contribution in [0.5, 0.6) is 5.75 Å². The third kappa shape index (κ3) is 3.90. The lowest BCUT2D eigenvalue weighted by molar-refractivity contribution is -0.120. The molecule has 156 valence electrons. The van der Waals surface area contributed by atoms with Gasteiger partial charge in [0.15, 0.2) is 0 Å². The van der Waals surface area contributed by atoms with Crippen LogP contribution in [0.1, 0.15) is 11.1 Å². The SMILES string of the molecule is COc1ccc(NC2=C(c3ccc(Cl)cc3)C(=O)N(c3cccc(Cl)c3C)C2=O)cc1. The fraction of sp³-hybridized carbons (Fsp3) is 0.0833. The topological polar surface area (TPSA) is 58.6 Å². The van der Waals surface area contributed by atoms with Crippen molar-refractivity contribution >= 4 is 52.0 Å². The molecule has 0 spiro atoms. The van der Waals surface area contributed by atoms with Crippen LogP contribution in [0.15, 0.2) is 72.4 Å². The first-order valence-electron chi connectivity index (χ1n) is 9.46. The Balaban J connectivity index is 1.82. The minimum atomic E-state index is -0.462. The van der Waals surface area contributed by atoms with E-state index in [9.17, 15) is 9.59 Å². The molecule has 1 aliphatic rings. The molecule has 0 radical (unpaired) electrons. The van der Waals surface area contributed by atoms with Crippen LogP contribution in [0, 0.1) is 6.92 Å². The average Bonchev–Trinajstić information content (AvgIpc) is 3.01. The summed E-state index contributed by atoms with van der Waals surface area (Å²) in [6, 6.07) is 19.0. The largest absolute Gasteiger partial charge is 0.497 e. The Morgan fingerprint density at radius 2 is 1.55 bits per heavy atom. The molecule has 1 N–H and O–H groups in total. The number of benzene rings is 3. The van der Waals surface area contributed by atoms with Gasteiger partial charge in [-0.3, -0.25) is 9.59 Å². The van der Waals surface area contributed by atoms with Gasteiger partial charge in [0.1, 0.15) is 11.4 Å². The maximum absolute atomic E-state index is 13.5. The Labute approximate surface area is 189 Å². The molecule has 4 rings (SSSR count). The quantitative estimate of drug-likeness (QED) is 0.503. The Morgan fingerprint density at radius 3 is 2.19 bits per heavy atom. The van der Waals surface area contributed by atoms with Crippen LogP contribution in [-0.2, 0) is 9.59 Å². The van der Waals surface area contributed by atoms with Gasteiger partial charge in [0.05, 0.1) is 18.4 Å². The van der Waals surface area contributed by atoms with E-state index < -0.39 is 11.8 Å². The zero-order chi connectivity index (χ0) is 22.1. The van der Waals surface area contributed by atoms with Gasteiger partial charge in [-0.15, -0.1) is 0 Å². The van der Waals surface area contributed by atoms with Gasteiger partial charge in [-0.05, 0) is 66.6 Å². The van der Waals surface area contributed by atoms with Crippen LogP contribution in [-0.4, -0.2) is 18.9 Å². The smallest absolute Gasteiger partial charge is 0.282 e. The molecular weight excluding hydrogens is 435 g/mol. The fourth-order valence-corrected chi connectivity index (χ4v) is 3.70. The van der Waals surface area contributed by atoms with Gasteiger partial charge in [-0.1, -0.05) is 41.4 Å². The molecule has 0 saturated heterocycles. The van der Waals surface area contributed by atoms with Crippen molar-refractivity contribution < 1.29 is 14.3 Å². The highest BCUT2D eigenvalue weighted by molar-refractivity contribution is 6.46. The summed E-state index contributed by atoms with van der Waals surface area (Å²) in [5, 5.41) is 4.13. The van der Waals surface area contributed by atoms with Crippen molar-refractivity contribution in [2.24, 2.45) is 0 Å². The maximum Gasteiger partial charge on any atom is 0.282 e. The lowest BCUT2D eigenvalue weighted by atomic mass is 10.0. The number of carbonyl (C=O) groups is 2. The molecule has 3 aromatic carbocycles. The van der Waals surface area contributed by atoms with Crippen LogP contribution in [0.3, 0.4) is 0 Å². The monoisotopic (exact) mass is 452 g/mol. The van der Waals surface area contributed by atoms with Crippen LogP contribution >= 0.6 is 23.2 Å². The zero-order valence-corrected chi connectivity index (χ0v) is 18.3. The van der Waals surface area contributed by atoms with Crippen molar-refractivity contribution in [3.8, 4) is 5.75 Å². The standard InChI is InChI=1S/C24H18Cl2N2O3/c1-14-19(26)4-3-5-20(14)28-23(29)21(15-6-8-16(25)9-7-15)22(24(28)30)27-17-10-12-18(31-2)13-11-17/h3-13,27H,1-2H3. The van der Waals surface area contributed by atoms with Gasteiger partial charge in [0.25, 0.3) is 11.8 Å². The summed E-state index contributed by atoms with van der Waals surface area (Å²) >= 11 is 12.3. The molecule has 1 aliphatic heterocycles. The lowest BCUT2D eigenvalue weighted by Crippen LogP contribution is -2.33. The molecule has 0 unspecified atom stereocenters. The number of imide groups is 1. The molecule has 2 amide bonds. The normalized spacial score (nSPS) is 13.7. The third-order valence-corrected chi connectivity index (χ3v) is 5.72. The van der Waals surface area contributed by atoms with Crippen molar-refractivity contribution in [2.75, 3.05) is 17.3 Å². The van der Waals surface area contributed by atoms with E-state index >= 15 is 0 Å². The van der Waals surface area contributed by atoms with Crippen molar-refractivity contribution in [2.45, 2.75) is 6.92 Å². The summed E-state index contributed by atoms with van der Waals surface area (Å²) in [6.07, 6.45) is 0. The van der Waals surface area contributed by atoms with E-state index in [0.717, 1.165) is 4.90 Å². The zero-order valence-electron chi connectivity index (χ0n) is 16.8. The van der Waals surface area contributed by atoms with E-state index in [1.807, 2.05) is 0 Å². The Morgan fingerprint density at radius 1 is 0.871 bits per heavy atom. The number of carbonyl (C=O) groups excluding carboxylic acids is 2. The number of halogens is 2. The second-order valence-corrected chi connectivity index (χ2v) is 7.78. The number of hydrogen-bond acceptors (Lipinski definition) is 4. The average molecular weight is 453 g/mol. The van der Waals surface area contributed by atoms with Gasteiger partial charge in [-0.25, -0.2) is 4.90 Å². The minimum Gasteiger partial charge on any atom is -0.497 e. The molecule has 0 atom stereocenters. The van der Waals surface area contributed by atoms with E-state index in [2.05, 4.69) is 5.32 Å². The number of anilines is 2. The molecular formula is C24H18Cl2N2O3. The predicted molar refractivity (Wildman–Crippen MR) is 124 cm³/mol. The molecule has 31 heavy (non-hydrogen) atoms. The Hall–Kier alpha value is -3.28. The number of nitrogens with zero attached hydrogens (tertiary/aromatic N) is 1. The summed E-state index contributed by atoms with van der Waals surface area (Å²) < 4.78 is 5.18. The summed E-state index contributed by atoms with van der Waals surface area (Å²) in [6.45, 7) is 1.77. The third-order valence-electron chi connectivity index (χ3n) is 5.06. The van der Waals surface area contributed by atoms with E-state index in [0.29, 0.717) is 38.3 Å². The van der Waals surface area contributed by atoms with Crippen molar-refractivity contribution in [1.29, 1.82) is 0 Å². The number of ether oxygens (including phenoxy) is 1. The van der Waals surface area contributed by atoms with Crippen LogP contribution in [0.4, 0.5) is 11.4 Å². The summed E-state index contributed by atoms with van der Waals surface area (Å²) in [7, 11) is 1.58. The first-order chi connectivity index (χ1) is 14.9. The van der Waals surface area contributed by atoms with Crippen LogP contribution in [0.2, 0.25) is 10.0 Å². The van der Waals surface area contributed by atoms with Gasteiger partial charge in [0.2, 0.25) is 0 Å². The number of amides is 2. The minimum absolute atomic E-state index is 0.178. The van der Waals surface area contributed by atoms with Crippen molar-refractivity contribution in [1.82, 2.24) is 0 Å². The second-order valence-electron chi connectivity index (χ2n) is 6.94. The van der Waals surface area contributed by atoms with Gasteiger partial charge in [0, 0.05) is 15.7 Å². The first-order valence-corrected chi connectivity index (χ1v) is 10.2. The number of rotatable bonds is 5. The molecule has 0 fully saturated rings. The number of methoxy groups -OCH3 is 1. The van der Waals surface area contributed by atoms with E-state index in [-0.39, 0.29) is 11.3 Å². The number of nitrogens with one attached hydrogen (secondary N) is 1. The van der Waals surface area contributed by atoms with Gasteiger partial charge < -0.3 is 10.1 Å². The Kier molecular flexibility index (Phi) is 5.72. The molecule has 7 heteroatoms. The lowest BCUT2D eigenvalue weighted by Gasteiger charge is -2.18. The van der Waals surface area contributed by atoms with E-state index in [4.69, 9.17) is 27.9 Å². The molecule has 0 bridgehead atoms. The maximum atomic E-state index is 13.5. The van der Waals surface area contributed by atoms with Crippen molar-refractivity contribution in [3.05, 3.63) is 93.6 Å².